The van der Waals surface area contributed by atoms with Crippen molar-refractivity contribution in [2.24, 2.45) is 0 Å². The fourth-order valence-electron chi connectivity index (χ4n) is 1.60. The van der Waals surface area contributed by atoms with Crippen LogP contribution in [0.2, 0.25) is 0 Å². The average Bonchev–Trinajstić information content (AvgIpc) is 2.88. The molecule has 3 N–H and O–H groups in total. The maximum Gasteiger partial charge on any atom is 0.303 e. The van der Waals surface area contributed by atoms with E-state index in [0.717, 1.165) is 18.5 Å². The first-order valence-corrected chi connectivity index (χ1v) is 4.69. The maximum atomic E-state index is 11.3. The second-order valence-electron chi connectivity index (χ2n) is 3.64. The molecule has 1 saturated carbocycles. The molecule has 0 amide bonds. The summed E-state index contributed by atoms with van der Waals surface area (Å²) >= 11 is 0. The Morgan fingerprint density at radius 3 is 2.71 bits per heavy atom. The molecule has 1 aliphatic rings. The quantitative estimate of drug-likeness (QED) is 0.659. The molecule has 0 unspecified atom stereocenters. The Morgan fingerprint density at radius 2 is 2.14 bits per heavy atom. The fraction of sp³-hybridized carbons (Fsp3) is 0.556. The largest absolute Gasteiger partial charge is 0.481 e. The molecule has 14 heavy (non-hydrogen) atoms. The van der Waals surface area contributed by atoms with Crippen molar-refractivity contribution < 1.29 is 9.90 Å². The highest BCUT2D eigenvalue weighted by Gasteiger charge is 2.28. The molecule has 5 nitrogen and oxygen atoms in total. The van der Waals surface area contributed by atoms with E-state index in [1.54, 1.807) is 0 Å². The van der Waals surface area contributed by atoms with Gasteiger partial charge in [0.15, 0.2) is 0 Å². The molecule has 2 rings (SSSR count). The summed E-state index contributed by atoms with van der Waals surface area (Å²) in [6.45, 7) is 0. The molecular weight excluding hydrogens is 184 g/mol. The Balaban J connectivity index is 2.17. The summed E-state index contributed by atoms with van der Waals surface area (Å²) in [6.07, 6.45) is 2.52. The zero-order valence-corrected chi connectivity index (χ0v) is 7.67. The van der Waals surface area contributed by atoms with Crippen molar-refractivity contribution >= 4 is 5.97 Å². The number of rotatable bonds is 4. The predicted molar refractivity (Wildman–Crippen MR) is 49.3 cm³/mol. The SMILES string of the molecule is O=C(O)CCc1c(C2CC2)[nH][nH]c1=O. The first kappa shape index (κ1) is 9.05. The van der Waals surface area contributed by atoms with Crippen molar-refractivity contribution in [1.82, 2.24) is 10.2 Å². The summed E-state index contributed by atoms with van der Waals surface area (Å²) in [5, 5.41) is 13.9. The van der Waals surface area contributed by atoms with Gasteiger partial charge in [0.2, 0.25) is 0 Å². The topological polar surface area (TPSA) is 85.9 Å². The number of carboxylic acid groups (broad SMARTS) is 1. The molecule has 76 valence electrons. The van der Waals surface area contributed by atoms with E-state index in [2.05, 4.69) is 10.2 Å². The van der Waals surface area contributed by atoms with Gasteiger partial charge >= 0.3 is 5.97 Å². The lowest BCUT2D eigenvalue weighted by Crippen LogP contribution is -2.09. The van der Waals surface area contributed by atoms with Gasteiger partial charge in [-0.2, -0.15) is 0 Å². The van der Waals surface area contributed by atoms with Gasteiger partial charge in [-0.15, -0.1) is 0 Å². The Hall–Kier alpha value is -1.52. The van der Waals surface area contributed by atoms with E-state index < -0.39 is 5.97 Å². The van der Waals surface area contributed by atoms with Gasteiger partial charge in [-0.1, -0.05) is 0 Å². The Labute approximate surface area is 80.1 Å². The third-order valence-corrected chi connectivity index (χ3v) is 2.48. The molecule has 0 aliphatic heterocycles. The van der Waals surface area contributed by atoms with Crippen molar-refractivity contribution in [2.45, 2.75) is 31.6 Å². The molecule has 1 aromatic rings. The maximum absolute atomic E-state index is 11.3. The summed E-state index contributed by atoms with van der Waals surface area (Å²) in [5.41, 5.74) is 1.36. The number of carboxylic acids is 1. The minimum atomic E-state index is -0.868. The number of aromatic amines is 2. The van der Waals surface area contributed by atoms with Crippen molar-refractivity contribution in [3.63, 3.8) is 0 Å². The van der Waals surface area contributed by atoms with Gasteiger partial charge in [-0.3, -0.25) is 14.7 Å². The van der Waals surface area contributed by atoms with Gasteiger partial charge in [0.25, 0.3) is 5.56 Å². The van der Waals surface area contributed by atoms with Crippen molar-refractivity contribution in [1.29, 1.82) is 0 Å². The van der Waals surface area contributed by atoms with Gasteiger partial charge in [-0.25, -0.2) is 0 Å². The lowest BCUT2D eigenvalue weighted by Gasteiger charge is -1.97. The van der Waals surface area contributed by atoms with E-state index in [1.165, 1.54) is 0 Å². The van der Waals surface area contributed by atoms with Crippen LogP contribution in [0.15, 0.2) is 4.79 Å². The van der Waals surface area contributed by atoms with Crippen LogP contribution in [0.25, 0.3) is 0 Å². The standard InChI is InChI=1S/C9H12N2O3/c12-7(13)4-3-6-8(5-1-2-5)10-11-9(6)14/h5H,1-4H2,(H,12,13)(H2,10,11,14). The Bertz CT molecular complexity index is 400. The number of aromatic nitrogens is 2. The van der Waals surface area contributed by atoms with E-state index in [4.69, 9.17) is 5.11 Å². The normalized spacial score (nSPS) is 15.7. The van der Waals surface area contributed by atoms with E-state index >= 15 is 0 Å². The molecular formula is C9H12N2O3. The van der Waals surface area contributed by atoms with E-state index in [9.17, 15) is 9.59 Å². The molecule has 0 aromatic carbocycles. The van der Waals surface area contributed by atoms with E-state index in [-0.39, 0.29) is 12.0 Å². The number of H-pyrrole nitrogens is 2. The van der Waals surface area contributed by atoms with Crippen LogP contribution in [0, 0.1) is 0 Å². The van der Waals surface area contributed by atoms with Gasteiger partial charge in [0.1, 0.15) is 0 Å². The molecule has 1 aromatic heterocycles. The van der Waals surface area contributed by atoms with Crippen molar-refractivity contribution in [2.75, 3.05) is 0 Å². The summed E-state index contributed by atoms with van der Waals surface area (Å²) in [6, 6.07) is 0. The minimum Gasteiger partial charge on any atom is -0.481 e. The second kappa shape index (κ2) is 3.32. The van der Waals surface area contributed by atoms with E-state index in [1.807, 2.05) is 0 Å². The van der Waals surface area contributed by atoms with Gasteiger partial charge in [0.05, 0.1) is 0 Å². The highest BCUT2D eigenvalue weighted by molar-refractivity contribution is 5.67. The molecule has 0 saturated heterocycles. The highest BCUT2D eigenvalue weighted by atomic mass is 16.4. The third-order valence-electron chi connectivity index (χ3n) is 2.48. The lowest BCUT2D eigenvalue weighted by molar-refractivity contribution is -0.136. The molecule has 0 radical (unpaired) electrons. The van der Waals surface area contributed by atoms with Crippen molar-refractivity contribution in [3.05, 3.63) is 21.6 Å². The predicted octanol–water partition coefficient (Wildman–Crippen LogP) is 0.598. The molecule has 0 bridgehead atoms. The number of carbonyl (C=O) groups is 1. The molecule has 1 aliphatic carbocycles. The molecule has 5 heteroatoms. The highest BCUT2D eigenvalue weighted by Crippen LogP contribution is 2.39. The zero-order chi connectivity index (χ0) is 10.1. The zero-order valence-electron chi connectivity index (χ0n) is 7.67. The minimum absolute atomic E-state index is 0.0145. The molecule has 1 heterocycles. The van der Waals surface area contributed by atoms with E-state index in [0.29, 0.717) is 17.9 Å². The molecule has 1 fully saturated rings. The number of hydrogen-bond donors (Lipinski definition) is 3. The van der Waals surface area contributed by atoms with Crippen LogP contribution >= 0.6 is 0 Å². The first-order valence-electron chi connectivity index (χ1n) is 4.69. The molecule has 0 atom stereocenters. The monoisotopic (exact) mass is 196 g/mol. The summed E-state index contributed by atoms with van der Waals surface area (Å²) < 4.78 is 0. The number of nitrogens with one attached hydrogen (secondary N) is 2. The Morgan fingerprint density at radius 1 is 1.43 bits per heavy atom. The summed E-state index contributed by atoms with van der Waals surface area (Å²) in [4.78, 5) is 21.7. The van der Waals surface area contributed by atoms with Crippen LogP contribution in [0.4, 0.5) is 0 Å². The summed E-state index contributed by atoms with van der Waals surface area (Å²) in [7, 11) is 0. The van der Waals surface area contributed by atoms with Crippen molar-refractivity contribution in [3.8, 4) is 0 Å². The number of hydrogen-bond acceptors (Lipinski definition) is 2. The van der Waals surface area contributed by atoms with Crippen LogP contribution in [-0.2, 0) is 11.2 Å². The smallest absolute Gasteiger partial charge is 0.303 e. The molecule has 0 spiro atoms. The van der Waals surface area contributed by atoms with Crippen LogP contribution in [0.5, 0.6) is 0 Å². The third kappa shape index (κ3) is 1.71. The number of aliphatic carboxylic acids is 1. The fourth-order valence-corrected chi connectivity index (χ4v) is 1.60. The Kier molecular flexibility index (Phi) is 2.15. The van der Waals surface area contributed by atoms with Crippen LogP contribution < -0.4 is 5.56 Å². The average molecular weight is 196 g/mol. The summed E-state index contributed by atoms with van der Waals surface area (Å²) in [5.74, 6) is -0.426. The van der Waals surface area contributed by atoms with Gasteiger partial charge in [0, 0.05) is 23.6 Å². The van der Waals surface area contributed by atoms with Crippen LogP contribution in [0.3, 0.4) is 0 Å². The van der Waals surface area contributed by atoms with Crippen LogP contribution in [0.1, 0.15) is 36.4 Å². The van der Waals surface area contributed by atoms with Gasteiger partial charge in [-0.05, 0) is 19.3 Å². The van der Waals surface area contributed by atoms with Crippen LogP contribution in [-0.4, -0.2) is 21.3 Å². The lowest BCUT2D eigenvalue weighted by atomic mass is 10.1. The second-order valence-corrected chi connectivity index (χ2v) is 3.64. The first-order chi connectivity index (χ1) is 6.68. The van der Waals surface area contributed by atoms with Gasteiger partial charge < -0.3 is 10.2 Å².